The van der Waals surface area contributed by atoms with E-state index >= 15 is 0 Å². The molecule has 0 bridgehead atoms. The molecule has 34 heavy (non-hydrogen) atoms. The van der Waals surface area contributed by atoms with Gasteiger partial charge in [0.25, 0.3) is 0 Å². The largest absolute Gasteiger partial charge is 0.617 e. The van der Waals surface area contributed by atoms with Gasteiger partial charge in [0.1, 0.15) is 24.4 Å². The fraction of sp³-hybridized carbons (Fsp3) is 0.179. The summed E-state index contributed by atoms with van der Waals surface area (Å²) >= 11 is 0. The van der Waals surface area contributed by atoms with Crippen LogP contribution in [-0.2, 0) is 6.61 Å². The number of hydrogen-bond donors (Lipinski definition) is 1. The van der Waals surface area contributed by atoms with E-state index < -0.39 is 0 Å². The Morgan fingerprint density at radius 3 is 2.59 bits per heavy atom. The van der Waals surface area contributed by atoms with E-state index in [9.17, 15) is 4.39 Å². The average Bonchev–Trinajstić information content (AvgIpc) is 3.46. The van der Waals surface area contributed by atoms with Crippen molar-refractivity contribution in [2.75, 3.05) is 6.54 Å². The second-order valence-electron chi connectivity index (χ2n) is 8.74. The van der Waals surface area contributed by atoms with Gasteiger partial charge in [0, 0.05) is 35.9 Å². The number of ether oxygens (including phenoxy) is 1. The Hall–Kier alpha value is -3.64. The van der Waals surface area contributed by atoms with Crippen molar-refractivity contribution in [3.8, 4) is 5.75 Å². The Bertz CT molecular complexity index is 1330. The summed E-state index contributed by atoms with van der Waals surface area (Å²) in [5.41, 5.74) is 14.3. The molecule has 0 spiro atoms. The molecule has 2 aliphatic rings. The number of hydrogen-bond acceptors (Lipinski definition) is 2. The molecule has 0 fully saturated rings. The zero-order valence-corrected chi connectivity index (χ0v) is 19.5. The summed E-state index contributed by atoms with van der Waals surface area (Å²) in [5.74, 6) is 0.545. The number of fused-ring (bicyclic) bond motifs is 2. The molecule has 0 amide bonds. The van der Waals surface area contributed by atoms with Crippen molar-refractivity contribution < 1.29 is 13.6 Å². The zero-order chi connectivity index (χ0) is 23.7. The van der Waals surface area contributed by atoms with Crippen LogP contribution in [0.4, 0.5) is 4.39 Å². The summed E-state index contributed by atoms with van der Waals surface area (Å²) < 4.78 is 23.6. The van der Waals surface area contributed by atoms with E-state index in [-0.39, 0.29) is 12.8 Å². The smallest absolute Gasteiger partial charge is 0.489 e. The maximum Gasteiger partial charge on any atom is 0.617 e. The maximum atomic E-state index is 13.1. The van der Waals surface area contributed by atoms with E-state index in [1.165, 1.54) is 40.4 Å². The highest BCUT2D eigenvalue weighted by molar-refractivity contribution is 6.49. The molecule has 1 aromatic heterocycles. The van der Waals surface area contributed by atoms with Crippen LogP contribution in [0.2, 0.25) is 6.82 Å². The van der Waals surface area contributed by atoms with Crippen molar-refractivity contribution in [2.45, 2.75) is 26.8 Å². The Morgan fingerprint density at radius 1 is 1.09 bits per heavy atom. The maximum absolute atomic E-state index is 13.1. The molecule has 0 atom stereocenters. The van der Waals surface area contributed by atoms with E-state index in [0.29, 0.717) is 13.2 Å². The lowest BCUT2D eigenvalue weighted by molar-refractivity contribution is -0.317. The third-order valence-corrected chi connectivity index (χ3v) is 6.45. The van der Waals surface area contributed by atoms with Crippen molar-refractivity contribution in [3.05, 3.63) is 106 Å². The Balaban J connectivity index is 1.35. The lowest BCUT2D eigenvalue weighted by Gasteiger charge is -2.22. The van der Waals surface area contributed by atoms with Crippen LogP contribution >= 0.6 is 0 Å². The number of benzene rings is 2. The molecular formula is C28H28BFN3O+. The van der Waals surface area contributed by atoms with Gasteiger partial charge >= 0.3 is 6.98 Å². The third kappa shape index (κ3) is 4.17. The summed E-state index contributed by atoms with van der Waals surface area (Å²) in [7, 11) is 0. The summed E-state index contributed by atoms with van der Waals surface area (Å²) in [4.78, 5) is 0. The SMILES string of the molecule is CB1n2c(C=Cc3ccc(OCc4ccc(F)cc4)cc3)cc(C)c2C(CCN)=C2C=CC=[N+]12. The van der Waals surface area contributed by atoms with Crippen molar-refractivity contribution in [2.24, 2.45) is 5.73 Å². The van der Waals surface area contributed by atoms with Crippen LogP contribution in [-0.4, -0.2) is 28.7 Å². The van der Waals surface area contributed by atoms with Crippen molar-refractivity contribution >= 4 is 30.9 Å². The molecule has 0 radical (unpaired) electrons. The molecule has 2 aromatic carbocycles. The van der Waals surface area contributed by atoms with Crippen molar-refractivity contribution in [1.29, 1.82) is 0 Å². The standard InChI is InChI=1S/C28H28BFN3O/c1-20-18-24(33-28(20)26(15-16-31)27-4-3-17-32(27)29(33)2)12-7-21-8-13-25(14-9-21)34-19-22-5-10-23(30)11-6-22/h3-14,17-18H,15-16,19,31H2,1-2H3/q+1. The molecule has 0 saturated heterocycles. The van der Waals surface area contributed by atoms with Crippen LogP contribution in [0.5, 0.6) is 5.75 Å². The number of halogens is 1. The second-order valence-corrected chi connectivity index (χ2v) is 8.74. The first kappa shape index (κ1) is 22.2. The van der Waals surface area contributed by atoms with E-state index in [1.807, 2.05) is 24.3 Å². The molecule has 0 aliphatic carbocycles. The fourth-order valence-electron chi connectivity index (χ4n) is 4.81. The molecule has 170 valence electrons. The Morgan fingerprint density at radius 2 is 1.85 bits per heavy atom. The third-order valence-electron chi connectivity index (χ3n) is 6.45. The first-order valence-electron chi connectivity index (χ1n) is 11.7. The lowest BCUT2D eigenvalue weighted by Crippen LogP contribution is -2.39. The van der Waals surface area contributed by atoms with Crippen LogP contribution in [0, 0.1) is 12.7 Å². The van der Waals surface area contributed by atoms with Crippen molar-refractivity contribution in [3.63, 3.8) is 0 Å². The predicted octanol–water partition coefficient (Wildman–Crippen LogP) is 5.38. The number of nitrogens with zero attached hydrogens (tertiary/aromatic N) is 2. The van der Waals surface area contributed by atoms with Gasteiger partial charge < -0.3 is 14.9 Å². The van der Waals surface area contributed by atoms with Crippen LogP contribution in [0.1, 0.15) is 34.5 Å². The quantitative estimate of drug-likeness (QED) is 0.490. The Labute approximate surface area is 200 Å². The van der Waals surface area contributed by atoms with Gasteiger partial charge in [-0.3, -0.25) is 4.49 Å². The molecule has 5 rings (SSSR count). The van der Waals surface area contributed by atoms with E-state index in [4.69, 9.17) is 10.5 Å². The van der Waals surface area contributed by atoms with Crippen LogP contribution in [0.3, 0.4) is 0 Å². The monoisotopic (exact) mass is 452 g/mol. The summed E-state index contributed by atoms with van der Waals surface area (Å²) in [6.07, 6.45) is 11.6. The number of rotatable bonds is 7. The van der Waals surface area contributed by atoms with E-state index in [1.54, 1.807) is 12.1 Å². The van der Waals surface area contributed by atoms with Gasteiger partial charge in [-0.2, -0.15) is 0 Å². The lowest BCUT2D eigenvalue weighted by atomic mass is 9.74. The van der Waals surface area contributed by atoms with Gasteiger partial charge in [-0.05, 0) is 73.0 Å². The van der Waals surface area contributed by atoms with Gasteiger partial charge in [-0.1, -0.05) is 30.3 Å². The van der Waals surface area contributed by atoms with Crippen LogP contribution in [0.25, 0.3) is 17.7 Å². The second kappa shape index (κ2) is 9.31. The molecule has 6 heteroatoms. The minimum absolute atomic E-state index is 0.192. The summed E-state index contributed by atoms with van der Waals surface area (Å²) in [5, 5.41) is 0. The molecule has 0 unspecified atom stereocenters. The normalized spacial score (nSPS) is 14.6. The van der Waals surface area contributed by atoms with Crippen molar-refractivity contribution in [1.82, 2.24) is 4.48 Å². The molecule has 3 heterocycles. The highest BCUT2D eigenvalue weighted by Crippen LogP contribution is 2.35. The minimum Gasteiger partial charge on any atom is -0.489 e. The van der Waals surface area contributed by atoms with E-state index in [2.05, 4.69) is 59.3 Å². The van der Waals surface area contributed by atoms with Gasteiger partial charge in [-0.25, -0.2) is 4.39 Å². The van der Waals surface area contributed by atoms with Gasteiger partial charge in [0.15, 0.2) is 5.70 Å². The van der Waals surface area contributed by atoms with Gasteiger partial charge in [-0.15, -0.1) is 0 Å². The molecule has 2 aliphatic heterocycles. The highest BCUT2D eigenvalue weighted by Gasteiger charge is 2.41. The van der Waals surface area contributed by atoms with Gasteiger partial charge in [0.05, 0.1) is 0 Å². The number of nitrogens with two attached hydrogens (primary N) is 1. The average molecular weight is 452 g/mol. The fourth-order valence-corrected chi connectivity index (χ4v) is 4.81. The summed E-state index contributed by atoms with van der Waals surface area (Å²) in [6.45, 7) is 5.64. The van der Waals surface area contributed by atoms with Gasteiger partial charge in [0.2, 0.25) is 0 Å². The summed E-state index contributed by atoms with van der Waals surface area (Å²) in [6, 6.07) is 16.6. The van der Waals surface area contributed by atoms with E-state index in [0.717, 1.165) is 23.3 Å². The molecule has 0 saturated carbocycles. The molecule has 2 N–H and O–H groups in total. The number of aromatic nitrogens is 1. The van der Waals surface area contributed by atoms with Crippen LogP contribution in [0.15, 0.2) is 72.4 Å². The first-order chi connectivity index (χ1) is 16.5. The molecule has 3 aromatic rings. The number of aryl methyl sites for hydroxylation is 1. The Kier molecular flexibility index (Phi) is 6.07. The number of allylic oxidation sites excluding steroid dienone is 2. The topological polar surface area (TPSA) is 43.2 Å². The molecular weight excluding hydrogens is 424 g/mol. The van der Waals surface area contributed by atoms with Crippen LogP contribution < -0.4 is 10.5 Å². The molecule has 4 nitrogen and oxygen atoms in total. The zero-order valence-electron chi connectivity index (χ0n) is 19.5. The highest BCUT2D eigenvalue weighted by atomic mass is 19.1. The predicted molar refractivity (Wildman–Crippen MR) is 138 cm³/mol. The minimum atomic E-state index is -0.240. The first-order valence-corrected chi connectivity index (χ1v) is 11.7.